The third kappa shape index (κ3) is 3.78. The number of likely N-dealkylation sites (tertiary alicyclic amines) is 1. The van der Waals surface area contributed by atoms with Crippen LogP contribution < -0.4 is 0 Å². The van der Waals surface area contributed by atoms with Crippen LogP contribution in [0.4, 0.5) is 0 Å². The molecule has 1 aromatic carbocycles. The molecule has 2 saturated heterocycles. The van der Waals surface area contributed by atoms with E-state index in [-0.39, 0.29) is 30.9 Å². The first-order valence-electron chi connectivity index (χ1n) is 12.9. The fourth-order valence-electron chi connectivity index (χ4n) is 6.46. The second kappa shape index (κ2) is 9.48. The van der Waals surface area contributed by atoms with Gasteiger partial charge in [-0.25, -0.2) is 0 Å². The summed E-state index contributed by atoms with van der Waals surface area (Å²) < 4.78 is 6.75. The van der Waals surface area contributed by atoms with Crippen molar-refractivity contribution in [2.75, 3.05) is 32.8 Å². The monoisotopic (exact) mass is 493 g/mol. The zero-order valence-electron chi connectivity index (χ0n) is 21.0. The van der Waals surface area contributed by atoms with Gasteiger partial charge in [0, 0.05) is 32.7 Å². The van der Waals surface area contributed by atoms with Crippen molar-refractivity contribution < 1.29 is 24.2 Å². The number of rotatable bonds is 7. The Kier molecular flexibility index (Phi) is 6.51. The molecule has 1 unspecified atom stereocenters. The number of carbonyl (C=O) groups excluding carboxylic acids is 3. The molecular weight excluding hydrogens is 458 g/mol. The number of hydrogen-bond donors (Lipinski definition) is 1. The topological polar surface area (TPSA) is 90.4 Å². The number of ether oxygens (including phenoxy) is 1. The zero-order chi connectivity index (χ0) is 25.5. The second-order valence-corrected chi connectivity index (χ2v) is 10.4. The number of aliphatic hydroxyl groups excluding tert-OH is 1. The van der Waals surface area contributed by atoms with Gasteiger partial charge in [-0.2, -0.15) is 0 Å². The maximum absolute atomic E-state index is 14.1. The van der Waals surface area contributed by atoms with Crippen LogP contribution in [-0.2, 0) is 25.7 Å². The van der Waals surface area contributed by atoms with Crippen LogP contribution in [0.3, 0.4) is 0 Å². The minimum absolute atomic E-state index is 0.0213. The summed E-state index contributed by atoms with van der Waals surface area (Å²) in [5.41, 5.74) is -1.29. The Labute approximate surface area is 212 Å². The molecule has 192 valence electrons. The maximum atomic E-state index is 14.1. The number of hydrogen-bond acceptors (Lipinski definition) is 5. The van der Waals surface area contributed by atoms with E-state index in [9.17, 15) is 19.5 Å². The molecule has 4 aliphatic heterocycles. The summed E-state index contributed by atoms with van der Waals surface area (Å²) in [4.78, 5) is 46.9. The standard InChI is InChI=1S/C28H35N3O5/c1-3-4-14-29-15-9-13-28-22(25(34)31(17-18-32)23(28)26(29)35)21-24(33)30(16-8-12-27(21,2)36-28)19-20-10-6-5-7-11-20/h5-13,21-23,32H,3-4,14-19H2,1-2H3/t21-,22+,23?,27+,28+/m1/s1. The largest absolute Gasteiger partial charge is 0.395 e. The predicted octanol–water partition coefficient (Wildman–Crippen LogP) is 1.75. The Hall–Kier alpha value is -2.97. The van der Waals surface area contributed by atoms with Crippen molar-refractivity contribution in [3.05, 3.63) is 60.2 Å². The molecule has 0 bridgehead atoms. The van der Waals surface area contributed by atoms with E-state index in [0.717, 1.165) is 18.4 Å². The van der Waals surface area contributed by atoms with E-state index in [4.69, 9.17) is 4.74 Å². The number of nitrogens with zero attached hydrogens (tertiary/aromatic N) is 3. The highest BCUT2D eigenvalue weighted by Gasteiger charge is 2.74. The molecule has 5 atom stereocenters. The van der Waals surface area contributed by atoms with Gasteiger partial charge >= 0.3 is 0 Å². The van der Waals surface area contributed by atoms with Crippen LogP contribution in [-0.4, -0.2) is 87.6 Å². The van der Waals surface area contributed by atoms with E-state index >= 15 is 0 Å². The summed E-state index contributed by atoms with van der Waals surface area (Å²) >= 11 is 0. The Morgan fingerprint density at radius 2 is 1.67 bits per heavy atom. The molecule has 8 nitrogen and oxygen atoms in total. The van der Waals surface area contributed by atoms with Crippen molar-refractivity contribution in [3.8, 4) is 0 Å². The van der Waals surface area contributed by atoms with Crippen LogP contribution in [0.1, 0.15) is 32.3 Å². The van der Waals surface area contributed by atoms with Gasteiger partial charge in [0.15, 0.2) is 0 Å². The Bertz CT molecular complexity index is 1090. The van der Waals surface area contributed by atoms with Crippen LogP contribution in [0.5, 0.6) is 0 Å². The molecule has 1 aromatic rings. The Morgan fingerprint density at radius 1 is 0.944 bits per heavy atom. The van der Waals surface area contributed by atoms with Gasteiger partial charge in [-0.1, -0.05) is 68.0 Å². The van der Waals surface area contributed by atoms with Gasteiger partial charge in [0.2, 0.25) is 17.7 Å². The average molecular weight is 494 g/mol. The molecule has 3 amide bonds. The van der Waals surface area contributed by atoms with Gasteiger partial charge in [-0.15, -0.1) is 0 Å². The minimum atomic E-state index is -1.26. The summed E-state index contributed by atoms with van der Waals surface area (Å²) in [5, 5.41) is 9.78. The van der Waals surface area contributed by atoms with Gasteiger partial charge in [0.25, 0.3) is 0 Å². The van der Waals surface area contributed by atoms with Crippen LogP contribution in [0.25, 0.3) is 0 Å². The first-order chi connectivity index (χ1) is 17.4. The molecule has 2 fully saturated rings. The third-order valence-electron chi connectivity index (χ3n) is 8.06. The molecule has 0 saturated carbocycles. The normalized spacial score (nSPS) is 33.5. The van der Waals surface area contributed by atoms with Crippen LogP contribution in [0.15, 0.2) is 54.6 Å². The number of unbranched alkanes of at least 4 members (excludes halogenated alkanes) is 1. The number of carbonyl (C=O) groups is 3. The van der Waals surface area contributed by atoms with Crippen LogP contribution >= 0.6 is 0 Å². The van der Waals surface area contributed by atoms with Crippen molar-refractivity contribution in [1.29, 1.82) is 0 Å². The highest BCUT2D eigenvalue weighted by atomic mass is 16.5. The number of β-amino-alcohol motifs (C(OH)–C–C–N with tert-alkyl or cyclic N) is 1. The lowest BCUT2D eigenvalue weighted by Crippen LogP contribution is -2.56. The summed E-state index contributed by atoms with van der Waals surface area (Å²) in [5.74, 6) is -2.27. The van der Waals surface area contributed by atoms with Crippen molar-refractivity contribution in [3.63, 3.8) is 0 Å². The van der Waals surface area contributed by atoms with Crippen molar-refractivity contribution >= 4 is 17.7 Å². The Morgan fingerprint density at radius 3 is 2.39 bits per heavy atom. The first-order valence-corrected chi connectivity index (χ1v) is 12.9. The molecule has 0 radical (unpaired) electrons. The van der Waals surface area contributed by atoms with Gasteiger partial charge in [-0.05, 0) is 18.9 Å². The van der Waals surface area contributed by atoms with Crippen molar-refractivity contribution in [2.24, 2.45) is 11.8 Å². The average Bonchev–Trinajstić information content (AvgIpc) is 3.13. The smallest absolute Gasteiger partial charge is 0.249 e. The van der Waals surface area contributed by atoms with Gasteiger partial charge < -0.3 is 24.5 Å². The van der Waals surface area contributed by atoms with Crippen LogP contribution in [0.2, 0.25) is 0 Å². The van der Waals surface area contributed by atoms with E-state index in [1.165, 1.54) is 4.90 Å². The van der Waals surface area contributed by atoms with E-state index in [1.807, 2.05) is 61.6 Å². The molecule has 8 heteroatoms. The Balaban J connectivity index is 1.56. The van der Waals surface area contributed by atoms with Gasteiger partial charge in [0.1, 0.15) is 11.6 Å². The molecule has 5 rings (SSSR count). The van der Waals surface area contributed by atoms with E-state index < -0.39 is 29.1 Å². The SMILES string of the molecule is CCCCN1CC=C[C@]23O[C@@]4(C)C=CCN(Cc5ccccc5)C(=O)[C@H]4[C@H]2C(=O)N(CCO)C3C1=O. The van der Waals surface area contributed by atoms with Gasteiger partial charge in [0.05, 0.1) is 24.0 Å². The van der Waals surface area contributed by atoms with E-state index in [1.54, 1.807) is 9.80 Å². The molecule has 0 aliphatic carbocycles. The number of amides is 3. The number of benzene rings is 1. The second-order valence-electron chi connectivity index (χ2n) is 10.4. The van der Waals surface area contributed by atoms with Crippen LogP contribution in [0, 0.1) is 11.8 Å². The summed E-state index contributed by atoms with van der Waals surface area (Å²) in [6, 6.07) is 8.86. The first kappa shape index (κ1) is 24.7. The van der Waals surface area contributed by atoms with E-state index in [0.29, 0.717) is 26.2 Å². The number of fused-ring (bicyclic) bond motifs is 2. The van der Waals surface area contributed by atoms with Crippen molar-refractivity contribution in [1.82, 2.24) is 14.7 Å². The fourth-order valence-corrected chi connectivity index (χ4v) is 6.46. The highest BCUT2D eigenvalue weighted by molar-refractivity contribution is 6.00. The molecule has 4 heterocycles. The summed E-state index contributed by atoms with van der Waals surface area (Å²) in [6.07, 6.45) is 9.38. The summed E-state index contributed by atoms with van der Waals surface area (Å²) in [7, 11) is 0. The maximum Gasteiger partial charge on any atom is 0.249 e. The summed E-state index contributed by atoms with van der Waals surface area (Å²) in [6.45, 7) is 5.53. The zero-order valence-corrected chi connectivity index (χ0v) is 21.0. The number of aliphatic hydroxyl groups is 1. The van der Waals surface area contributed by atoms with Gasteiger partial charge in [-0.3, -0.25) is 14.4 Å². The minimum Gasteiger partial charge on any atom is -0.395 e. The fraction of sp³-hybridized carbons (Fsp3) is 0.536. The highest BCUT2D eigenvalue weighted by Crippen LogP contribution is 2.57. The molecule has 4 aliphatic rings. The third-order valence-corrected chi connectivity index (χ3v) is 8.06. The lowest BCUT2D eigenvalue weighted by molar-refractivity contribution is -0.153. The van der Waals surface area contributed by atoms with E-state index in [2.05, 4.69) is 6.92 Å². The molecule has 36 heavy (non-hydrogen) atoms. The molecule has 1 spiro atoms. The molecule has 1 N–H and O–H groups in total. The lowest BCUT2D eigenvalue weighted by atomic mass is 9.74. The lowest BCUT2D eigenvalue weighted by Gasteiger charge is -2.37. The molecular formula is C28H35N3O5. The van der Waals surface area contributed by atoms with Crippen molar-refractivity contribution in [2.45, 2.75) is 50.5 Å². The predicted molar refractivity (Wildman–Crippen MR) is 133 cm³/mol. The molecule has 0 aromatic heterocycles. The quantitative estimate of drug-likeness (QED) is 0.585.